The molecule has 0 bridgehead atoms. The molecular formula is C20H31NO5S. The lowest BCUT2D eigenvalue weighted by Crippen LogP contribution is -2.35. The summed E-state index contributed by atoms with van der Waals surface area (Å²) in [5, 5.41) is 19.5. The molecule has 0 unspecified atom stereocenters. The van der Waals surface area contributed by atoms with Crippen molar-refractivity contribution in [3.05, 3.63) is 35.4 Å². The molecule has 152 valence electrons. The summed E-state index contributed by atoms with van der Waals surface area (Å²) in [5.41, 5.74) is 0.620. The molecular weight excluding hydrogens is 366 g/mol. The molecule has 7 heteroatoms. The normalized spacial score (nSPS) is 17.1. The number of benzene rings is 1. The van der Waals surface area contributed by atoms with Gasteiger partial charge in [0, 0.05) is 13.1 Å². The van der Waals surface area contributed by atoms with Crippen molar-refractivity contribution in [3.8, 4) is 0 Å². The highest BCUT2D eigenvalue weighted by Crippen LogP contribution is 2.31. The Morgan fingerprint density at radius 2 is 1.67 bits per heavy atom. The third-order valence-electron chi connectivity index (χ3n) is 5.38. The first-order chi connectivity index (χ1) is 12.7. The summed E-state index contributed by atoms with van der Waals surface area (Å²) in [4.78, 5) is 10.9. The topological polar surface area (TPSA) is 94.9 Å². The van der Waals surface area contributed by atoms with Crippen molar-refractivity contribution in [2.75, 3.05) is 19.3 Å². The average Bonchev–Trinajstić information content (AvgIpc) is 2.60. The number of aliphatic hydroxyl groups is 1. The van der Waals surface area contributed by atoms with Crippen molar-refractivity contribution >= 4 is 16.0 Å². The number of nitrogens with zero attached hydrogens (tertiary/aromatic N) is 1. The standard InChI is InChI=1S/C20H31NO5S/c1-27(25,26)21(16-6-14-20(24)12-3-2-4-13-20)15-5-7-17-8-10-18(11-9-17)19(22)23/h8-11,24H,2-7,12-16H2,1H3,(H,22,23). The minimum Gasteiger partial charge on any atom is -0.478 e. The number of sulfonamides is 1. The van der Waals surface area contributed by atoms with Crippen LogP contribution in [0.4, 0.5) is 0 Å². The van der Waals surface area contributed by atoms with Crippen molar-refractivity contribution in [1.29, 1.82) is 0 Å². The van der Waals surface area contributed by atoms with Crippen LogP contribution in [-0.2, 0) is 16.4 Å². The Morgan fingerprint density at radius 3 is 2.22 bits per heavy atom. The predicted octanol–water partition coefficient (Wildman–Crippen LogP) is 3.05. The van der Waals surface area contributed by atoms with E-state index >= 15 is 0 Å². The number of aromatic carboxylic acids is 1. The van der Waals surface area contributed by atoms with E-state index in [1.807, 2.05) is 0 Å². The molecule has 2 rings (SSSR count). The van der Waals surface area contributed by atoms with Crippen LogP contribution in [0.25, 0.3) is 0 Å². The number of hydrogen-bond acceptors (Lipinski definition) is 4. The van der Waals surface area contributed by atoms with E-state index in [2.05, 4.69) is 0 Å². The Balaban J connectivity index is 1.81. The van der Waals surface area contributed by atoms with Gasteiger partial charge in [0.15, 0.2) is 0 Å². The maximum atomic E-state index is 12.1. The molecule has 2 N–H and O–H groups in total. The maximum Gasteiger partial charge on any atom is 0.335 e. The van der Waals surface area contributed by atoms with Gasteiger partial charge in [-0.2, -0.15) is 0 Å². The van der Waals surface area contributed by atoms with Crippen molar-refractivity contribution in [3.63, 3.8) is 0 Å². The highest BCUT2D eigenvalue weighted by Gasteiger charge is 2.29. The number of carbonyl (C=O) groups is 1. The summed E-state index contributed by atoms with van der Waals surface area (Å²) >= 11 is 0. The molecule has 0 atom stereocenters. The van der Waals surface area contributed by atoms with Crippen LogP contribution in [-0.4, -0.2) is 53.9 Å². The van der Waals surface area contributed by atoms with Crippen LogP contribution in [0.1, 0.15) is 67.3 Å². The van der Waals surface area contributed by atoms with E-state index in [0.717, 1.165) is 31.2 Å². The van der Waals surface area contributed by atoms with Gasteiger partial charge in [0.1, 0.15) is 0 Å². The molecule has 6 nitrogen and oxygen atoms in total. The van der Waals surface area contributed by atoms with Gasteiger partial charge in [0.25, 0.3) is 0 Å². The Kier molecular flexibility index (Phi) is 7.82. The quantitative estimate of drug-likeness (QED) is 0.633. The minimum absolute atomic E-state index is 0.247. The largest absolute Gasteiger partial charge is 0.478 e. The lowest BCUT2D eigenvalue weighted by atomic mass is 9.82. The molecule has 27 heavy (non-hydrogen) atoms. The molecule has 0 amide bonds. The van der Waals surface area contributed by atoms with Crippen LogP contribution in [0.5, 0.6) is 0 Å². The molecule has 1 aromatic rings. The monoisotopic (exact) mass is 397 g/mol. The first kappa shape index (κ1) is 21.9. The van der Waals surface area contributed by atoms with Crippen LogP contribution >= 0.6 is 0 Å². The van der Waals surface area contributed by atoms with Crippen LogP contribution in [0.2, 0.25) is 0 Å². The van der Waals surface area contributed by atoms with Crippen molar-refractivity contribution in [2.24, 2.45) is 0 Å². The molecule has 1 aromatic carbocycles. The van der Waals surface area contributed by atoms with Gasteiger partial charge in [0.05, 0.1) is 17.4 Å². The van der Waals surface area contributed by atoms with Gasteiger partial charge in [-0.3, -0.25) is 0 Å². The highest BCUT2D eigenvalue weighted by atomic mass is 32.2. The van der Waals surface area contributed by atoms with E-state index in [-0.39, 0.29) is 5.56 Å². The molecule has 1 aliphatic rings. The maximum absolute atomic E-state index is 12.1. The second-order valence-corrected chi connectivity index (χ2v) is 9.64. The van der Waals surface area contributed by atoms with Gasteiger partial charge in [0.2, 0.25) is 10.0 Å². The van der Waals surface area contributed by atoms with Crippen molar-refractivity contribution in [1.82, 2.24) is 4.31 Å². The van der Waals surface area contributed by atoms with Gasteiger partial charge < -0.3 is 10.2 Å². The summed E-state index contributed by atoms with van der Waals surface area (Å²) in [6, 6.07) is 6.67. The Morgan fingerprint density at radius 1 is 1.07 bits per heavy atom. The van der Waals surface area contributed by atoms with Gasteiger partial charge >= 0.3 is 5.97 Å². The molecule has 1 aliphatic carbocycles. The van der Waals surface area contributed by atoms with E-state index in [0.29, 0.717) is 38.8 Å². The first-order valence-corrected chi connectivity index (χ1v) is 11.5. The summed E-state index contributed by atoms with van der Waals surface area (Å²) in [7, 11) is -3.29. The average molecular weight is 398 g/mol. The third kappa shape index (κ3) is 7.24. The molecule has 1 saturated carbocycles. The zero-order chi connectivity index (χ0) is 19.9. The number of rotatable bonds is 10. The van der Waals surface area contributed by atoms with E-state index in [9.17, 15) is 18.3 Å². The summed E-state index contributed by atoms with van der Waals surface area (Å²) in [6.45, 7) is 0.858. The zero-order valence-corrected chi connectivity index (χ0v) is 16.9. The van der Waals surface area contributed by atoms with Gasteiger partial charge in [-0.1, -0.05) is 31.4 Å². The molecule has 0 saturated heterocycles. The van der Waals surface area contributed by atoms with Crippen LogP contribution in [0, 0.1) is 0 Å². The Hall–Kier alpha value is -1.44. The molecule has 0 aliphatic heterocycles. The minimum atomic E-state index is -3.29. The Labute approximate surface area is 162 Å². The van der Waals surface area contributed by atoms with Crippen molar-refractivity contribution < 1.29 is 23.4 Å². The fourth-order valence-electron chi connectivity index (χ4n) is 3.76. The van der Waals surface area contributed by atoms with E-state index < -0.39 is 21.6 Å². The van der Waals surface area contributed by atoms with E-state index in [4.69, 9.17) is 5.11 Å². The molecule has 0 heterocycles. The number of carboxylic acid groups (broad SMARTS) is 1. The van der Waals surface area contributed by atoms with E-state index in [1.54, 1.807) is 24.3 Å². The number of hydrogen-bond donors (Lipinski definition) is 2. The summed E-state index contributed by atoms with van der Waals surface area (Å²) in [6.07, 6.45) is 8.80. The van der Waals surface area contributed by atoms with Gasteiger partial charge in [-0.25, -0.2) is 17.5 Å². The van der Waals surface area contributed by atoms with Gasteiger partial charge in [-0.15, -0.1) is 0 Å². The SMILES string of the molecule is CS(=O)(=O)N(CCCc1ccc(C(=O)O)cc1)CCCC1(O)CCCCC1. The van der Waals surface area contributed by atoms with Crippen LogP contribution < -0.4 is 0 Å². The molecule has 0 radical (unpaired) electrons. The highest BCUT2D eigenvalue weighted by molar-refractivity contribution is 7.88. The molecule has 1 fully saturated rings. The van der Waals surface area contributed by atoms with Crippen molar-refractivity contribution in [2.45, 2.75) is 63.4 Å². The second kappa shape index (κ2) is 9.66. The lowest BCUT2D eigenvalue weighted by molar-refractivity contribution is -0.00620. The lowest BCUT2D eigenvalue weighted by Gasteiger charge is -2.32. The molecule has 0 aromatic heterocycles. The van der Waals surface area contributed by atoms with Gasteiger partial charge in [-0.05, 0) is 56.2 Å². The van der Waals surface area contributed by atoms with Crippen LogP contribution in [0.15, 0.2) is 24.3 Å². The zero-order valence-electron chi connectivity index (χ0n) is 16.1. The third-order valence-corrected chi connectivity index (χ3v) is 6.68. The summed E-state index contributed by atoms with van der Waals surface area (Å²) in [5.74, 6) is -0.954. The fourth-order valence-corrected chi connectivity index (χ4v) is 4.68. The summed E-state index contributed by atoms with van der Waals surface area (Å²) < 4.78 is 25.6. The number of carboxylic acids is 1. The first-order valence-electron chi connectivity index (χ1n) is 9.69. The Bertz CT molecular complexity index is 708. The second-order valence-electron chi connectivity index (χ2n) is 7.66. The fraction of sp³-hybridized carbons (Fsp3) is 0.650. The smallest absolute Gasteiger partial charge is 0.335 e. The predicted molar refractivity (Wildman–Crippen MR) is 105 cm³/mol. The van der Waals surface area contributed by atoms with E-state index in [1.165, 1.54) is 17.0 Å². The number of aryl methyl sites for hydroxylation is 1. The molecule has 0 spiro atoms. The van der Waals surface area contributed by atoms with Crippen LogP contribution in [0.3, 0.4) is 0 Å².